The van der Waals surface area contributed by atoms with Gasteiger partial charge >= 0.3 is 5.97 Å². The number of hydrogen-bond acceptors (Lipinski definition) is 4. The molecule has 8 heteroatoms. The molecular formula is C24H23Cl2NO5. The maximum atomic E-state index is 13.2. The summed E-state index contributed by atoms with van der Waals surface area (Å²) in [6.45, 7) is 3.84. The highest BCUT2D eigenvalue weighted by molar-refractivity contribution is 6.42. The number of nitrogens with zero attached hydrogens (tertiary/aromatic N) is 1. The Morgan fingerprint density at radius 3 is 2.41 bits per heavy atom. The van der Waals surface area contributed by atoms with Crippen LogP contribution in [0.3, 0.4) is 0 Å². The third-order valence-electron chi connectivity index (χ3n) is 5.03. The molecule has 1 atom stereocenters. The topological polar surface area (TPSA) is 76.1 Å². The number of hydrogen-bond donors (Lipinski definition) is 1. The molecule has 0 aromatic heterocycles. The highest BCUT2D eigenvalue weighted by Gasteiger charge is 2.27. The minimum atomic E-state index is -1.07. The van der Waals surface area contributed by atoms with E-state index >= 15 is 0 Å². The smallest absolute Gasteiger partial charge is 0.326 e. The van der Waals surface area contributed by atoms with Gasteiger partial charge in [0.25, 0.3) is 5.91 Å². The molecule has 0 radical (unpaired) electrons. The van der Waals surface area contributed by atoms with Crippen LogP contribution >= 0.6 is 23.2 Å². The summed E-state index contributed by atoms with van der Waals surface area (Å²) in [6.07, 6.45) is 0. The fourth-order valence-corrected chi connectivity index (χ4v) is 3.61. The van der Waals surface area contributed by atoms with Crippen LogP contribution < -0.4 is 9.47 Å². The van der Waals surface area contributed by atoms with Gasteiger partial charge in [0.05, 0.1) is 15.6 Å². The van der Waals surface area contributed by atoms with E-state index < -0.39 is 17.9 Å². The van der Waals surface area contributed by atoms with Crippen molar-refractivity contribution in [1.29, 1.82) is 0 Å². The Morgan fingerprint density at radius 1 is 1.00 bits per heavy atom. The fourth-order valence-electron chi connectivity index (χ4n) is 3.32. The van der Waals surface area contributed by atoms with E-state index in [1.165, 1.54) is 11.8 Å². The Bertz CT molecular complexity index is 1130. The van der Waals surface area contributed by atoms with E-state index in [2.05, 4.69) is 0 Å². The monoisotopic (exact) mass is 475 g/mol. The zero-order valence-corrected chi connectivity index (χ0v) is 19.2. The molecule has 0 saturated carbocycles. The Balaban J connectivity index is 1.84. The molecule has 3 aromatic rings. The number of aliphatic carboxylic acids is 1. The zero-order chi connectivity index (χ0) is 23.3. The van der Waals surface area contributed by atoms with Gasteiger partial charge < -0.3 is 19.5 Å². The predicted molar refractivity (Wildman–Crippen MR) is 125 cm³/mol. The summed E-state index contributed by atoms with van der Waals surface area (Å²) in [4.78, 5) is 26.0. The van der Waals surface area contributed by atoms with Crippen LogP contribution in [0, 0.1) is 0 Å². The normalized spacial score (nSPS) is 11.8. The first-order valence-corrected chi connectivity index (χ1v) is 10.8. The summed E-state index contributed by atoms with van der Waals surface area (Å²) >= 11 is 11.9. The Labute approximate surface area is 196 Å². The van der Waals surface area contributed by atoms with E-state index in [0.717, 1.165) is 10.8 Å². The maximum absolute atomic E-state index is 13.2. The average molecular weight is 476 g/mol. The molecule has 0 aliphatic carbocycles. The second kappa shape index (κ2) is 10.6. The van der Waals surface area contributed by atoms with Crippen molar-refractivity contribution in [3.63, 3.8) is 0 Å². The predicted octanol–water partition coefficient (Wildman–Crippen LogP) is 5.54. The number of carboxylic acid groups (broad SMARTS) is 1. The molecule has 3 rings (SSSR count). The first kappa shape index (κ1) is 23.7. The van der Waals surface area contributed by atoms with Crippen molar-refractivity contribution < 1.29 is 24.2 Å². The first-order chi connectivity index (χ1) is 15.3. The highest BCUT2D eigenvalue weighted by atomic mass is 35.5. The van der Waals surface area contributed by atoms with Crippen LogP contribution in [0.25, 0.3) is 10.8 Å². The van der Waals surface area contributed by atoms with Gasteiger partial charge in [-0.2, -0.15) is 0 Å². The molecule has 1 N–H and O–H groups in total. The van der Waals surface area contributed by atoms with E-state index in [1.54, 1.807) is 31.2 Å². The van der Waals surface area contributed by atoms with E-state index in [0.29, 0.717) is 27.1 Å². The third kappa shape index (κ3) is 5.26. The van der Waals surface area contributed by atoms with Crippen LogP contribution in [-0.4, -0.2) is 47.7 Å². The van der Waals surface area contributed by atoms with Gasteiger partial charge in [-0.1, -0.05) is 53.5 Å². The summed E-state index contributed by atoms with van der Waals surface area (Å²) in [5.41, 5.74) is 0.299. The molecule has 0 saturated heterocycles. The van der Waals surface area contributed by atoms with Crippen LogP contribution in [0.4, 0.5) is 0 Å². The standard InChI is InChI=1S/C24H23Cl2NO5/c1-3-27(15(2)24(29)30)23(28)19-10-8-16-6-4-5-7-18(16)22(19)32-13-12-31-17-9-11-20(25)21(26)14-17/h4-11,14-15H,3,12-13H2,1-2H3,(H,29,30). The second-order valence-corrected chi connectivity index (χ2v) is 7.86. The Morgan fingerprint density at radius 2 is 1.72 bits per heavy atom. The first-order valence-electron chi connectivity index (χ1n) is 10.1. The number of carbonyl (C=O) groups excluding carboxylic acids is 1. The minimum absolute atomic E-state index is 0.162. The third-order valence-corrected chi connectivity index (χ3v) is 5.77. The lowest BCUT2D eigenvalue weighted by atomic mass is 10.0. The number of halogens is 2. The highest BCUT2D eigenvalue weighted by Crippen LogP contribution is 2.31. The van der Waals surface area contributed by atoms with E-state index in [-0.39, 0.29) is 19.8 Å². The van der Waals surface area contributed by atoms with Crippen LogP contribution in [0.2, 0.25) is 10.0 Å². The Hall–Kier alpha value is -2.96. The van der Waals surface area contributed by atoms with Crippen molar-refractivity contribution in [2.24, 2.45) is 0 Å². The molecule has 0 spiro atoms. The minimum Gasteiger partial charge on any atom is -0.490 e. The maximum Gasteiger partial charge on any atom is 0.326 e. The molecule has 0 heterocycles. The average Bonchev–Trinajstić information content (AvgIpc) is 2.79. The van der Waals surface area contributed by atoms with E-state index in [1.807, 2.05) is 30.3 Å². The lowest BCUT2D eigenvalue weighted by Gasteiger charge is -2.26. The Kier molecular flexibility index (Phi) is 7.83. The number of fused-ring (bicyclic) bond motifs is 1. The number of likely N-dealkylation sites (N-methyl/N-ethyl adjacent to an activating group) is 1. The number of carbonyl (C=O) groups is 2. The molecule has 168 valence electrons. The molecule has 0 fully saturated rings. The van der Waals surface area contributed by atoms with Gasteiger partial charge in [0.15, 0.2) is 0 Å². The second-order valence-electron chi connectivity index (χ2n) is 7.04. The summed E-state index contributed by atoms with van der Waals surface area (Å²) in [7, 11) is 0. The molecule has 1 unspecified atom stereocenters. The molecule has 0 bridgehead atoms. The van der Waals surface area contributed by atoms with Crippen LogP contribution in [0.15, 0.2) is 54.6 Å². The van der Waals surface area contributed by atoms with Gasteiger partial charge in [-0.05, 0) is 37.4 Å². The quantitative estimate of drug-likeness (QED) is 0.411. The largest absolute Gasteiger partial charge is 0.490 e. The van der Waals surface area contributed by atoms with Crippen molar-refractivity contribution in [3.8, 4) is 11.5 Å². The van der Waals surface area contributed by atoms with Crippen molar-refractivity contribution in [3.05, 3.63) is 70.2 Å². The van der Waals surface area contributed by atoms with E-state index in [4.69, 9.17) is 32.7 Å². The van der Waals surface area contributed by atoms with Crippen molar-refractivity contribution >= 4 is 45.9 Å². The van der Waals surface area contributed by atoms with Gasteiger partial charge in [0.2, 0.25) is 0 Å². The number of benzene rings is 3. The van der Waals surface area contributed by atoms with Crippen molar-refractivity contribution in [2.75, 3.05) is 19.8 Å². The van der Waals surface area contributed by atoms with Gasteiger partial charge in [-0.25, -0.2) is 4.79 Å². The summed E-state index contributed by atoms with van der Waals surface area (Å²) in [5, 5.41) is 11.9. The summed E-state index contributed by atoms with van der Waals surface area (Å²) in [5.74, 6) is -0.543. The van der Waals surface area contributed by atoms with Gasteiger partial charge in [0.1, 0.15) is 30.8 Å². The van der Waals surface area contributed by atoms with Crippen LogP contribution in [0.5, 0.6) is 11.5 Å². The molecule has 0 aliphatic heterocycles. The lowest BCUT2D eigenvalue weighted by molar-refractivity contribution is -0.141. The van der Waals surface area contributed by atoms with Crippen molar-refractivity contribution in [2.45, 2.75) is 19.9 Å². The number of ether oxygens (including phenoxy) is 2. The number of carboxylic acids is 1. The lowest BCUT2D eigenvalue weighted by Crippen LogP contribution is -2.43. The molecule has 1 amide bonds. The van der Waals surface area contributed by atoms with Gasteiger partial charge in [-0.3, -0.25) is 4.79 Å². The van der Waals surface area contributed by atoms with Gasteiger partial charge in [-0.15, -0.1) is 0 Å². The van der Waals surface area contributed by atoms with Crippen molar-refractivity contribution in [1.82, 2.24) is 4.90 Å². The molecule has 32 heavy (non-hydrogen) atoms. The zero-order valence-electron chi connectivity index (χ0n) is 17.7. The van der Waals surface area contributed by atoms with Crippen LogP contribution in [0.1, 0.15) is 24.2 Å². The molecule has 3 aromatic carbocycles. The molecular weight excluding hydrogens is 453 g/mol. The number of rotatable bonds is 9. The summed E-state index contributed by atoms with van der Waals surface area (Å²) < 4.78 is 11.7. The summed E-state index contributed by atoms with van der Waals surface area (Å²) in [6, 6.07) is 15.0. The molecule has 6 nitrogen and oxygen atoms in total. The van der Waals surface area contributed by atoms with Gasteiger partial charge in [0, 0.05) is 18.0 Å². The fraction of sp³-hybridized carbons (Fsp3) is 0.250. The number of amides is 1. The SMILES string of the molecule is CCN(C(=O)c1ccc2ccccc2c1OCCOc1ccc(Cl)c(Cl)c1)C(C)C(=O)O. The van der Waals surface area contributed by atoms with E-state index in [9.17, 15) is 14.7 Å². The van der Waals surface area contributed by atoms with Crippen LogP contribution in [-0.2, 0) is 4.79 Å². The molecule has 0 aliphatic rings.